The van der Waals surface area contributed by atoms with Crippen LogP contribution in [-0.2, 0) is 4.74 Å². The Labute approximate surface area is 141 Å². The summed E-state index contributed by atoms with van der Waals surface area (Å²) in [6.07, 6.45) is 1.59. The SMILES string of the molecule is CCOC(=O)c1cnc2c(C)cc(C)cc2c1Nc1ccccc1. The Morgan fingerprint density at radius 3 is 2.62 bits per heavy atom. The molecule has 0 saturated heterocycles. The quantitative estimate of drug-likeness (QED) is 0.703. The van der Waals surface area contributed by atoms with E-state index in [1.807, 2.05) is 50.2 Å². The number of esters is 1. The minimum Gasteiger partial charge on any atom is -0.462 e. The maximum Gasteiger partial charge on any atom is 0.341 e. The second-order valence-electron chi connectivity index (χ2n) is 5.74. The van der Waals surface area contributed by atoms with Gasteiger partial charge in [0.05, 0.1) is 17.8 Å². The average molecular weight is 320 g/mol. The van der Waals surface area contributed by atoms with Crippen LogP contribution >= 0.6 is 0 Å². The van der Waals surface area contributed by atoms with Gasteiger partial charge >= 0.3 is 5.97 Å². The molecule has 2 aromatic carbocycles. The van der Waals surface area contributed by atoms with E-state index in [9.17, 15) is 4.79 Å². The lowest BCUT2D eigenvalue weighted by molar-refractivity contribution is 0.0527. The Balaban J connectivity index is 2.23. The summed E-state index contributed by atoms with van der Waals surface area (Å²) in [4.78, 5) is 16.9. The van der Waals surface area contributed by atoms with Crippen molar-refractivity contribution in [2.45, 2.75) is 20.8 Å². The molecule has 0 aliphatic heterocycles. The van der Waals surface area contributed by atoms with Crippen LogP contribution < -0.4 is 5.32 Å². The molecule has 0 fully saturated rings. The second kappa shape index (κ2) is 6.71. The van der Waals surface area contributed by atoms with E-state index < -0.39 is 0 Å². The smallest absolute Gasteiger partial charge is 0.341 e. The fourth-order valence-electron chi connectivity index (χ4n) is 2.82. The Hall–Kier alpha value is -2.88. The number of carbonyl (C=O) groups is 1. The molecular weight excluding hydrogens is 300 g/mol. The molecular formula is C20H20N2O2. The van der Waals surface area contributed by atoms with Gasteiger partial charge in [-0.3, -0.25) is 4.98 Å². The van der Waals surface area contributed by atoms with Crippen LogP contribution in [0, 0.1) is 13.8 Å². The van der Waals surface area contributed by atoms with Crippen molar-refractivity contribution in [2.75, 3.05) is 11.9 Å². The van der Waals surface area contributed by atoms with Gasteiger partial charge < -0.3 is 10.1 Å². The number of aromatic nitrogens is 1. The zero-order valence-electron chi connectivity index (χ0n) is 14.1. The molecule has 0 unspecified atom stereocenters. The highest BCUT2D eigenvalue weighted by molar-refractivity contribution is 6.06. The van der Waals surface area contributed by atoms with E-state index in [0.717, 1.165) is 33.4 Å². The van der Waals surface area contributed by atoms with Crippen molar-refractivity contribution < 1.29 is 9.53 Å². The van der Waals surface area contributed by atoms with Gasteiger partial charge in [0.2, 0.25) is 0 Å². The van der Waals surface area contributed by atoms with E-state index in [1.54, 1.807) is 13.1 Å². The second-order valence-corrected chi connectivity index (χ2v) is 5.74. The predicted octanol–water partition coefficient (Wildman–Crippen LogP) is 4.77. The monoisotopic (exact) mass is 320 g/mol. The first-order chi connectivity index (χ1) is 11.6. The molecule has 0 bridgehead atoms. The lowest BCUT2D eigenvalue weighted by Crippen LogP contribution is -2.09. The van der Waals surface area contributed by atoms with Gasteiger partial charge in [-0.2, -0.15) is 0 Å². The molecule has 1 aromatic heterocycles. The van der Waals surface area contributed by atoms with Gasteiger partial charge in [-0.25, -0.2) is 4.79 Å². The summed E-state index contributed by atoms with van der Waals surface area (Å²) in [5.74, 6) is -0.371. The van der Waals surface area contributed by atoms with Crippen molar-refractivity contribution in [1.29, 1.82) is 0 Å². The van der Waals surface area contributed by atoms with Crippen LogP contribution in [-0.4, -0.2) is 17.6 Å². The number of nitrogens with zero attached hydrogens (tertiary/aromatic N) is 1. The van der Waals surface area contributed by atoms with Gasteiger partial charge in [-0.05, 0) is 44.5 Å². The summed E-state index contributed by atoms with van der Waals surface area (Å²) in [7, 11) is 0. The van der Waals surface area contributed by atoms with E-state index in [2.05, 4.69) is 16.4 Å². The van der Waals surface area contributed by atoms with Gasteiger partial charge in [-0.1, -0.05) is 29.8 Å². The molecule has 0 radical (unpaired) electrons. The van der Waals surface area contributed by atoms with Crippen LogP contribution in [0.15, 0.2) is 48.7 Å². The van der Waals surface area contributed by atoms with Crippen molar-refractivity contribution in [3.63, 3.8) is 0 Å². The molecule has 0 spiro atoms. The first-order valence-electron chi connectivity index (χ1n) is 7.99. The summed E-state index contributed by atoms with van der Waals surface area (Å²) in [6.45, 7) is 6.19. The average Bonchev–Trinajstić information content (AvgIpc) is 2.56. The Kier molecular flexibility index (Phi) is 4.47. The minimum absolute atomic E-state index is 0.328. The third-order valence-electron chi connectivity index (χ3n) is 3.84. The molecule has 0 amide bonds. The predicted molar refractivity (Wildman–Crippen MR) is 96.9 cm³/mol. The van der Waals surface area contributed by atoms with E-state index in [-0.39, 0.29) is 5.97 Å². The van der Waals surface area contributed by atoms with Gasteiger partial charge in [0.15, 0.2) is 0 Å². The maximum atomic E-state index is 12.4. The van der Waals surface area contributed by atoms with Crippen LogP contribution in [0.3, 0.4) is 0 Å². The highest BCUT2D eigenvalue weighted by Crippen LogP contribution is 2.32. The standard InChI is InChI=1S/C20H20N2O2/c1-4-24-20(23)17-12-21-18-14(3)10-13(2)11-16(18)19(17)22-15-8-6-5-7-9-15/h5-12H,4H2,1-3H3,(H,21,22). The summed E-state index contributed by atoms with van der Waals surface area (Å²) in [5.41, 5.74) is 5.17. The number of benzene rings is 2. The molecule has 4 heteroatoms. The summed E-state index contributed by atoms with van der Waals surface area (Å²) >= 11 is 0. The molecule has 0 atom stereocenters. The summed E-state index contributed by atoms with van der Waals surface area (Å²) in [6, 6.07) is 13.9. The van der Waals surface area contributed by atoms with Crippen molar-refractivity contribution in [3.8, 4) is 0 Å². The van der Waals surface area contributed by atoms with Gasteiger partial charge in [-0.15, -0.1) is 0 Å². The fourth-order valence-corrected chi connectivity index (χ4v) is 2.82. The maximum absolute atomic E-state index is 12.4. The van der Waals surface area contributed by atoms with Gasteiger partial charge in [0.1, 0.15) is 5.56 Å². The van der Waals surface area contributed by atoms with Crippen molar-refractivity contribution >= 4 is 28.2 Å². The van der Waals surface area contributed by atoms with Gasteiger partial charge in [0, 0.05) is 17.3 Å². The van der Waals surface area contributed by atoms with E-state index in [0.29, 0.717) is 12.2 Å². The van der Waals surface area contributed by atoms with E-state index in [1.165, 1.54) is 0 Å². The topological polar surface area (TPSA) is 51.2 Å². The van der Waals surface area contributed by atoms with Crippen LogP contribution in [0.2, 0.25) is 0 Å². The molecule has 0 saturated carbocycles. The Morgan fingerprint density at radius 2 is 1.92 bits per heavy atom. The summed E-state index contributed by atoms with van der Waals surface area (Å²) in [5, 5.41) is 4.29. The third kappa shape index (κ3) is 3.08. The number of ether oxygens (including phenoxy) is 1. The lowest BCUT2D eigenvalue weighted by atomic mass is 10.0. The minimum atomic E-state index is -0.371. The molecule has 24 heavy (non-hydrogen) atoms. The zero-order chi connectivity index (χ0) is 17.1. The van der Waals surface area contributed by atoms with Crippen LogP contribution in [0.25, 0.3) is 10.9 Å². The number of fused-ring (bicyclic) bond motifs is 1. The van der Waals surface area contributed by atoms with Crippen molar-refractivity contribution in [1.82, 2.24) is 4.98 Å². The number of hydrogen-bond donors (Lipinski definition) is 1. The largest absolute Gasteiger partial charge is 0.462 e. The normalized spacial score (nSPS) is 10.6. The molecule has 122 valence electrons. The molecule has 3 rings (SSSR count). The first kappa shape index (κ1) is 16.0. The van der Waals surface area contributed by atoms with E-state index in [4.69, 9.17) is 4.74 Å². The molecule has 0 aliphatic carbocycles. The van der Waals surface area contributed by atoms with Crippen LogP contribution in [0.5, 0.6) is 0 Å². The van der Waals surface area contributed by atoms with Crippen LogP contribution in [0.4, 0.5) is 11.4 Å². The molecule has 1 heterocycles. The fraction of sp³-hybridized carbons (Fsp3) is 0.200. The highest BCUT2D eigenvalue weighted by atomic mass is 16.5. The van der Waals surface area contributed by atoms with Gasteiger partial charge in [0.25, 0.3) is 0 Å². The third-order valence-corrected chi connectivity index (χ3v) is 3.84. The van der Waals surface area contributed by atoms with Crippen LogP contribution in [0.1, 0.15) is 28.4 Å². The molecule has 1 N–H and O–H groups in total. The number of aryl methyl sites for hydroxylation is 2. The Morgan fingerprint density at radius 1 is 1.17 bits per heavy atom. The molecule has 3 aromatic rings. The number of pyridine rings is 1. The molecule has 4 nitrogen and oxygen atoms in total. The van der Waals surface area contributed by atoms with Crippen molar-refractivity contribution in [3.05, 3.63) is 65.4 Å². The zero-order valence-corrected chi connectivity index (χ0v) is 14.1. The van der Waals surface area contributed by atoms with E-state index >= 15 is 0 Å². The number of anilines is 2. The summed E-state index contributed by atoms with van der Waals surface area (Å²) < 4.78 is 5.20. The number of rotatable bonds is 4. The number of para-hydroxylation sites is 1. The highest BCUT2D eigenvalue weighted by Gasteiger charge is 2.18. The number of carbonyl (C=O) groups excluding carboxylic acids is 1. The molecule has 0 aliphatic rings. The number of nitrogens with one attached hydrogen (secondary N) is 1. The van der Waals surface area contributed by atoms with Crippen molar-refractivity contribution in [2.24, 2.45) is 0 Å². The number of hydrogen-bond acceptors (Lipinski definition) is 4. The first-order valence-corrected chi connectivity index (χ1v) is 7.99. The Bertz CT molecular complexity index is 889. The lowest BCUT2D eigenvalue weighted by Gasteiger charge is -2.15.